The summed E-state index contributed by atoms with van der Waals surface area (Å²) in [5.41, 5.74) is 0.726. The van der Waals surface area contributed by atoms with Gasteiger partial charge in [0.05, 0.1) is 12.2 Å². The summed E-state index contributed by atoms with van der Waals surface area (Å²) in [4.78, 5) is 13.3. The third-order valence-corrected chi connectivity index (χ3v) is 3.97. The van der Waals surface area contributed by atoms with Crippen molar-refractivity contribution < 1.29 is 14.6 Å². The molecule has 0 atom stereocenters. The van der Waals surface area contributed by atoms with Gasteiger partial charge in [-0.2, -0.15) is 0 Å². The van der Waals surface area contributed by atoms with Crippen molar-refractivity contribution in [1.82, 2.24) is 4.90 Å². The average molecular weight is 291 g/mol. The smallest absolute Gasteiger partial charge is 0.335 e. The summed E-state index contributed by atoms with van der Waals surface area (Å²) in [5, 5.41) is 8.83. The van der Waals surface area contributed by atoms with E-state index in [9.17, 15) is 4.79 Å². The van der Waals surface area contributed by atoms with Gasteiger partial charge in [-0.3, -0.25) is 0 Å². The van der Waals surface area contributed by atoms with Gasteiger partial charge in [-0.05, 0) is 55.5 Å². The zero-order valence-electron chi connectivity index (χ0n) is 13.0. The highest BCUT2D eigenvalue weighted by Gasteiger charge is 2.25. The van der Waals surface area contributed by atoms with Crippen LogP contribution in [0.5, 0.6) is 5.75 Å². The van der Waals surface area contributed by atoms with Gasteiger partial charge in [0.1, 0.15) is 5.75 Å². The molecule has 0 aliphatic carbocycles. The second-order valence-electron chi connectivity index (χ2n) is 6.58. The third-order valence-electron chi connectivity index (χ3n) is 3.97. The van der Waals surface area contributed by atoms with Gasteiger partial charge in [-0.15, -0.1) is 0 Å². The highest BCUT2D eigenvalue weighted by molar-refractivity contribution is 5.87. The Morgan fingerprint density at radius 3 is 2.67 bits per heavy atom. The summed E-state index contributed by atoms with van der Waals surface area (Å²) in [6.45, 7) is 8.76. The minimum Gasteiger partial charge on any atom is -0.494 e. The van der Waals surface area contributed by atoms with Crippen molar-refractivity contribution in [2.24, 2.45) is 5.41 Å². The molecule has 116 valence electrons. The van der Waals surface area contributed by atoms with Crippen LogP contribution < -0.4 is 4.74 Å². The Balaban J connectivity index is 1.68. The summed E-state index contributed by atoms with van der Waals surface area (Å²) < 4.78 is 5.66. The normalized spacial score (nSPS) is 18.4. The van der Waals surface area contributed by atoms with Crippen molar-refractivity contribution in [3.63, 3.8) is 0 Å². The molecule has 1 aromatic rings. The van der Waals surface area contributed by atoms with E-state index in [1.54, 1.807) is 24.3 Å². The van der Waals surface area contributed by atoms with Crippen LogP contribution in [0.2, 0.25) is 0 Å². The van der Waals surface area contributed by atoms with Gasteiger partial charge in [-0.1, -0.05) is 13.8 Å². The number of piperidine rings is 1. The molecule has 1 aliphatic rings. The largest absolute Gasteiger partial charge is 0.494 e. The van der Waals surface area contributed by atoms with Gasteiger partial charge in [0.25, 0.3) is 0 Å². The van der Waals surface area contributed by atoms with E-state index in [1.807, 2.05) is 0 Å². The van der Waals surface area contributed by atoms with E-state index in [0.717, 1.165) is 18.7 Å². The SMILES string of the molecule is CC1(C)CCCN(CCCOc2ccc(C(=O)O)cc2)C1. The number of ether oxygens (including phenoxy) is 1. The number of carboxylic acid groups (broad SMARTS) is 1. The molecule has 4 heteroatoms. The van der Waals surface area contributed by atoms with Gasteiger partial charge >= 0.3 is 5.97 Å². The Bertz CT molecular complexity index is 467. The molecule has 1 aromatic carbocycles. The number of carbonyl (C=O) groups is 1. The lowest BCUT2D eigenvalue weighted by Crippen LogP contribution is -2.40. The summed E-state index contributed by atoms with van der Waals surface area (Å²) in [6, 6.07) is 6.58. The maximum absolute atomic E-state index is 10.8. The molecule has 0 saturated carbocycles. The fourth-order valence-corrected chi connectivity index (χ4v) is 2.91. The number of rotatable bonds is 6. The highest BCUT2D eigenvalue weighted by Crippen LogP contribution is 2.28. The van der Waals surface area contributed by atoms with Crippen LogP contribution in [0, 0.1) is 5.41 Å². The number of hydrogen-bond donors (Lipinski definition) is 1. The van der Waals surface area contributed by atoms with Gasteiger partial charge in [0, 0.05) is 13.1 Å². The minimum absolute atomic E-state index is 0.290. The van der Waals surface area contributed by atoms with Crippen molar-refractivity contribution in [2.45, 2.75) is 33.1 Å². The molecule has 2 rings (SSSR count). The first kappa shape index (κ1) is 15.8. The molecule has 0 radical (unpaired) electrons. The molecule has 0 unspecified atom stereocenters. The molecular formula is C17H25NO3. The van der Waals surface area contributed by atoms with Crippen LogP contribution in [0.25, 0.3) is 0 Å². The van der Waals surface area contributed by atoms with E-state index in [2.05, 4.69) is 18.7 Å². The van der Waals surface area contributed by atoms with Crippen LogP contribution in [-0.4, -0.2) is 42.2 Å². The Morgan fingerprint density at radius 2 is 2.05 bits per heavy atom. The van der Waals surface area contributed by atoms with Crippen molar-refractivity contribution in [3.05, 3.63) is 29.8 Å². The zero-order chi connectivity index (χ0) is 15.3. The van der Waals surface area contributed by atoms with Gasteiger partial charge < -0.3 is 14.7 Å². The molecular weight excluding hydrogens is 266 g/mol. The molecule has 1 aliphatic heterocycles. The van der Waals surface area contributed by atoms with Crippen LogP contribution in [-0.2, 0) is 0 Å². The van der Waals surface area contributed by atoms with Gasteiger partial charge in [-0.25, -0.2) is 4.79 Å². The molecule has 1 heterocycles. The summed E-state index contributed by atoms with van der Waals surface area (Å²) in [5.74, 6) is -0.173. The molecule has 0 spiro atoms. The predicted molar refractivity (Wildman–Crippen MR) is 83.0 cm³/mol. The lowest BCUT2D eigenvalue weighted by Gasteiger charge is -2.38. The second-order valence-corrected chi connectivity index (χ2v) is 6.58. The van der Waals surface area contributed by atoms with Crippen molar-refractivity contribution >= 4 is 5.97 Å². The Morgan fingerprint density at radius 1 is 1.33 bits per heavy atom. The molecule has 4 nitrogen and oxygen atoms in total. The quantitative estimate of drug-likeness (QED) is 0.817. The average Bonchev–Trinajstić information content (AvgIpc) is 2.43. The summed E-state index contributed by atoms with van der Waals surface area (Å²) in [7, 11) is 0. The van der Waals surface area contributed by atoms with Crippen LogP contribution in [0.4, 0.5) is 0 Å². The Labute approximate surface area is 126 Å². The van der Waals surface area contributed by atoms with E-state index >= 15 is 0 Å². The topological polar surface area (TPSA) is 49.8 Å². The van der Waals surface area contributed by atoms with E-state index < -0.39 is 5.97 Å². The first-order valence-corrected chi connectivity index (χ1v) is 7.65. The van der Waals surface area contributed by atoms with Gasteiger partial charge in [0.2, 0.25) is 0 Å². The van der Waals surface area contributed by atoms with E-state index in [0.29, 0.717) is 12.0 Å². The molecule has 1 N–H and O–H groups in total. The fourth-order valence-electron chi connectivity index (χ4n) is 2.91. The number of benzene rings is 1. The predicted octanol–water partition coefficient (Wildman–Crippen LogP) is 3.28. The monoisotopic (exact) mass is 291 g/mol. The zero-order valence-corrected chi connectivity index (χ0v) is 13.0. The standard InChI is InChI=1S/C17H25NO3/c1-17(2)9-3-10-18(13-17)11-4-12-21-15-7-5-14(6-8-15)16(19)20/h5-8H,3-4,9-13H2,1-2H3,(H,19,20). The Kier molecular flexibility index (Phi) is 5.23. The van der Waals surface area contributed by atoms with Crippen LogP contribution >= 0.6 is 0 Å². The molecule has 1 saturated heterocycles. The number of aromatic carboxylic acids is 1. The third kappa shape index (κ3) is 5.05. The van der Waals surface area contributed by atoms with Gasteiger partial charge in [0.15, 0.2) is 0 Å². The lowest BCUT2D eigenvalue weighted by atomic mass is 9.84. The highest BCUT2D eigenvalue weighted by atomic mass is 16.5. The first-order chi connectivity index (χ1) is 9.96. The molecule has 1 fully saturated rings. The fraction of sp³-hybridized carbons (Fsp3) is 0.588. The van der Waals surface area contributed by atoms with E-state index in [-0.39, 0.29) is 5.56 Å². The maximum atomic E-state index is 10.8. The lowest BCUT2D eigenvalue weighted by molar-refractivity contribution is 0.0697. The number of nitrogens with zero attached hydrogens (tertiary/aromatic N) is 1. The number of hydrogen-bond acceptors (Lipinski definition) is 3. The van der Waals surface area contributed by atoms with E-state index in [1.165, 1.54) is 25.9 Å². The number of carboxylic acids is 1. The minimum atomic E-state index is -0.908. The molecule has 0 aromatic heterocycles. The summed E-state index contributed by atoms with van der Waals surface area (Å²) in [6.07, 6.45) is 3.59. The van der Waals surface area contributed by atoms with Crippen LogP contribution in [0.15, 0.2) is 24.3 Å². The Hall–Kier alpha value is -1.55. The van der Waals surface area contributed by atoms with Crippen molar-refractivity contribution in [3.8, 4) is 5.75 Å². The summed E-state index contributed by atoms with van der Waals surface area (Å²) >= 11 is 0. The van der Waals surface area contributed by atoms with Crippen molar-refractivity contribution in [1.29, 1.82) is 0 Å². The van der Waals surface area contributed by atoms with E-state index in [4.69, 9.17) is 9.84 Å². The van der Waals surface area contributed by atoms with Crippen molar-refractivity contribution in [2.75, 3.05) is 26.2 Å². The second kappa shape index (κ2) is 6.94. The van der Waals surface area contributed by atoms with Crippen LogP contribution in [0.1, 0.15) is 43.5 Å². The maximum Gasteiger partial charge on any atom is 0.335 e. The van der Waals surface area contributed by atoms with Crippen LogP contribution in [0.3, 0.4) is 0 Å². The molecule has 0 bridgehead atoms. The molecule has 0 amide bonds. The molecule has 21 heavy (non-hydrogen) atoms. The first-order valence-electron chi connectivity index (χ1n) is 7.65. The number of likely N-dealkylation sites (tertiary alicyclic amines) is 1.